The van der Waals surface area contributed by atoms with Crippen LogP contribution in [0.2, 0.25) is 0 Å². The van der Waals surface area contributed by atoms with Gasteiger partial charge >= 0.3 is 6.18 Å². The smallest absolute Gasteiger partial charge is 0.384 e. The third-order valence-corrected chi connectivity index (χ3v) is 3.40. The van der Waals surface area contributed by atoms with Crippen molar-refractivity contribution < 1.29 is 18.3 Å². The monoisotopic (exact) mass is 334 g/mol. The molecule has 0 fully saturated rings. The summed E-state index contributed by atoms with van der Waals surface area (Å²) in [5.41, 5.74) is -0.895. The van der Waals surface area contributed by atoms with Gasteiger partial charge in [0, 0.05) is 0 Å². The Morgan fingerprint density at radius 1 is 1.57 bits per heavy atom. The molecule has 1 rings (SSSR count). The minimum atomic E-state index is -4.55. The molecule has 0 amide bonds. The van der Waals surface area contributed by atoms with E-state index in [0.29, 0.717) is 0 Å². The van der Waals surface area contributed by atoms with Gasteiger partial charge in [-0.25, -0.2) is 0 Å². The number of alkyl halides is 3. The van der Waals surface area contributed by atoms with E-state index in [4.69, 9.17) is 0 Å². The van der Waals surface area contributed by atoms with E-state index in [9.17, 15) is 18.3 Å². The van der Waals surface area contributed by atoms with Crippen LogP contribution in [-0.2, 0) is 0 Å². The molecule has 14 heavy (non-hydrogen) atoms. The van der Waals surface area contributed by atoms with Crippen molar-refractivity contribution in [1.82, 2.24) is 0 Å². The first-order valence-electron chi connectivity index (χ1n) is 3.50. The van der Waals surface area contributed by atoms with E-state index >= 15 is 0 Å². The molecule has 0 aromatic carbocycles. The van der Waals surface area contributed by atoms with Crippen molar-refractivity contribution in [1.29, 1.82) is 0 Å². The number of hydrogen-bond acceptors (Lipinski definition) is 2. The molecule has 1 heterocycles. The molecule has 6 heteroatoms. The van der Waals surface area contributed by atoms with Gasteiger partial charge in [-0.05, 0) is 39.6 Å². The van der Waals surface area contributed by atoms with Crippen molar-refractivity contribution >= 4 is 33.9 Å². The van der Waals surface area contributed by atoms with Gasteiger partial charge in [0.25, 0.3) is 0 Å². The van der Waals surface area contributed by atoms with Gasteiger partial charge in [0.15, 0.2) is 0 Å². The van der Waals surface area contributed by atoms with Gasteiger partial charge in [0.05, 0.1) is 8.46 Å². The summed E-state index contributed by atoms with van der Waals surface area (Å²) in [6.07, 6.45) is -6.21. The van der Waals surface area contributed by atoms with Crippen molar-refractivity contribution in [2.24, 2.45) is 0 Å². The van der Waals surface area contributed by atoms with Crippen LogP contribution < -0.4 is 0 Å². The highest BCUT2D eigenvalue weighted by Gasteiger charge is 2.37. The predicted molar refractivity (Wildman–Crippen MR) is 57.2 cm³/mol. The number of halogens is 4. The molecular formula is C8H6F3IOS. The Morgan fingerprint density at radius 3 is 2.50 bits per heavy atom. The van der Waals surface area contributed by atoms with E-state index in [0.717, 1.165) is 2.88 Å². The van der Waals surface area contributed by atoms with Gasteiger partial charge < -0.3 is 5.11 Å². The molecule has 0 saturated carbocycles. The van der Waals surface area contributed by atoms with Gasteiger partial charge in [0.2, 0.25) is 0 Å². The van der Waals surface area contributed by atoms with E-state index in [1.807, 2.05) is 22.6 Å². The van der Waals surface area contributed by atoms with Crippen molar-refractivity contribution in [2.75, 3.05) is 0 Å². The molecule has 1 nitrogen and oxygen atoms in total. The summed E-state index contributed by atoms with van der Waals surface area (Å²) in [6.45, 7) is 2.84. The lowest BCUT2D eigenvalue weighted by Gasteiger charge is -2.15. The molecule has 78 valence electrons. The first-order valence-corrected chi connectivity index (χ1v) is 5.46. The van der Waals surface area contributed by atoms with Crippen molar-refractivity contribution in [3.63, 3.8) is 0 Å². The highest BCUT2D eigenvalue weighted by atomic mass is 127. The molecule has 0 spiro atoms. The second kappa shape index (κ2) is 4.19. The Balaban J connectivity index is 2.86. The minimum absolute atomic E-state index is 0.238. The predicted octanol–water partition coefficient (Wildman–Crippen LogP) is 3.50. The van der Waals surface area contributed by atoms with E-state index in [1.54, 1.807) is 0 Å². The molecule has 0 aliphatic carbocycles. The molecule has 0 aliphatic heterocycles. The average molecular weight is 334 g/mol. The maximum absolute atomic E-state index is 12.1. The summed E-state index contributed by atoms with van der Waals surface area (Å²) in [6, 6.07) is 1.51. The Kier molecular flexibility index (Phi) is 3.59. The minimum Gasteiger partial charge on any atom is -0.384 e. The summed E-state index contributed by atoms with van der Waals surface area (Å²) in [7, 11) is 0. The zero-order valence-corrected chi connectivity index (χ0v) is 9.78. The number of aliphatic hydroxyl groups excluding tert-OH is 1. The largest absolute Gasteiger partial charge is 0.414 e. The van der Waals surface area contributed by atoms with Crippen LogP contribution in [0.4, 0.5) is 13.2 Å². The third kappa shape index (κ3) is 2.71. The summed E-state index contributed by atoms with van der Waals surface area (Å²) in [5.74, 6) is 0. The molecule has 1 N–H and O–H groups in total. The van der Waals surface area contributed by atoms with Gasteiger partial charge in [-0.2, -0.15) is 13.2 Å². The lowest BCUT2D eigenvalue weighted by Crippen LogP contribution is -2.17. The van der Waals surface area contributed by atoms with Crippen LogP contribution in [0.1, 0.15) is 11.7 Å². The van der Waals surface area contributed by atoms with Gasteiger partial charge in [0.1, 0.15) is 6.10 Å². The second-order valence-electron chi connectivity index (χ2n) is 2.61. The van der Waals surface area contributed by atoms with Crippen LogP contribution in [0.5, 0.6) is 0 Å². The average Bonchev–Trinajstić information content (AvgIpc) is 2.47. The Bertz CT molecular complexity index is 345. The van der Waals surface area contributed by atoms with E-state index < -0.39 is 17.9 Å². The number of thiophene rings is 1. The fraction of sp³-hybridized carbons (Fsp3) is 0.250. The quantitative estimate of drug-likeness (QED) is 0.648. The molecule has 1 atom stereocenters. The van der Waals surface area contributed by atoms with Gasteiger partial charge in [-0.1, -0.05) is 6.58 Å². The molecule has 1 aromatic heterocycles. The lowest BCUT2D eigenvalue weighted by molar-refractivity contribution is -0.105. The standard InChI is InChI=1S/C8H6F3IOS/c1-4(8(9,10)11)7(13)5-2-6(12)14-3-5/h2-3,7,13H,1H2. The van der Waals surface area contributed by atoms with Gasteiger partial charge in [-0.15, -0.1) is 11.3 Å². The first kappa shape index (κ1) is 12.0. The number of hydrogen-bond donors (Lipinski definition) is 1. The van der Waals surface area contributed by atoms with Crippen LogP contribution in [0.25, 0.3) is 0 Å². The molecule has 0 aliphatic rings. The van der Waals surface area contributed by atoms with Gasteiger partial charge in [-0.3, -0.25) is 0 Å². The molecule has 0 bridgehead atoms. The van der Waals surface area contributed by atoms with Crippen LogP contribution in [0, 0.1) is 2.88 Å². The number of aliphatic hydroxyl groups is 1. The second-order valence-corrected chi connectivity index (χ2v) is 5.42. The summed E-state index contributed by atoms with van der Waals surface area (Å²) < 4.78 is 37.2. The van der Waals surface area contributed by atoms with Crippen LogP contribution in [-0.4, -0.2) is 11.3 Å². The van der Waals surface area contributed by atoms with Crippen LogP contribution in [0.15, 0.2) is 23.6 Å². The fourth-order valence-electron chi connectivity index (χ4n) is 0.823. The molecule has 0 saturated heterocycles. The van der Waals surface area contributed by atoms with Crippen LogP contribution >= 0.6 is 33.9 Å². The SMILES string of the molecule is C=C(C(O)c1csc(I)c1)C(F)(F)F. The Morgan fingerprint density at radius 2 is 2.14 bits per heavy atom. The maximum atomic E-state index is 12.1. The van der Waals surface area contributed by atoms with Crippen LogP contribution in [0.3, 0.4) is 0 Å². The third-order valence-electron chi connectivity index (χ3n) is 1.60. The van der Waals surface area contributed by atoms with Crippen molar-refractivity contribution in [3.8, 4) is 0 Å². The summed E-state index contributed by atoms with van der Waals surface area (Å²) >= 11 is 3.25. The molecular weight excluding hydrogens is 328 g/mol. The zero-order chi connectivity index (χ0) is 10.9. The fourth-order valence-corrected chi connectivity index (χ4v) is 2.21. The highest BCUT2D eigenvalue weighted by Crippen LogP contribution is 2.35. The first-order chi connectivity index (χ1) is 6.32. The molecule has 0 radical (unpaired) electrons. The summed E-state index contributed by atoms with van der Waals surface area (Å²) in [4.78, 5) is 0. The van der Waals surface area contributed by atoms with E-state index in [2.05, 4.69) is 6.58 Å². The van der Waals surface area contributed by atoms with Crippen molar-refractivity contribution in [2.45, 2.75) is 12.3 Å². The molecule has 1 unspecified atom stereocenters. The zero-order valence-electron chi connectivity index (χ0n) is 6.81. The van der Waals surface area contributed by atoms with E-state index in [-0.39, 0.29) is 5.56 Å². The highest BCUT2D eigenvalue weighted by molar-refractivity contribution is 14.1. The lowest BCUT2D eigenvalue weighted by atomic mass is 10.1. The van der Waals surface area contributed by atoms with E-state index in [1.165, 1.54) is 22.8 Å². The normalized spacial score (nSPS) is 14.1. The maximum Gasteiger partial charge on any atom is 0.414 e. The Labute approximate surface area is 96.4 Å². The number of rotatable bonds is 2. The Hall–Kier alpha value is -0.0800. The van der Waals surface area contributed by atoms with Crippen molar-refractivity contribution in [3.05, 3.63) is 32.0 Å². The topological polar surface area (TPSA) is 20.2 Å². The molecule has 1 aromatic rings. The summed E-state index contributed by atoms with van der Waals surface area (Å²) in [5, 5.41) is 10.8.